The summed E-state index contributed by atoms with van der Waals surface area (Å²) in [6.07, 6.45) is 1.78. The molecule has 7 heteroatoms. The van der Waals surface area contributed by atoms with Crippen LogP contribution in [0.3, 0.4) is 0 Å². The molecule has 0 saturated heterocycles. The number of anilines is 1. The van der Waals surface area contributed by atoms with Gasteiger partial charge < -0.3 is 10.6 Å². The van der Waals surface area contributed by atoms with Crippen molar-refractivity contribution >= 4 is 17.5 Å². The highest BCUT2D eigenvalue weighted by Crippen LogP contribution is 2.21. The zero-order valence-corrected chi connectivity index (χ0v) is 14.6. The number of H-pyrrole nitrogens is 1. The number of benzene rings is 2. The Kier molecular flexibility index (Phi) is 4.65. The predicted molar refractivity (Wildman–Crippen MR) is 100 cm³/mol. The van der Waals surface area contributed by atoms with Crippen molar-refractivity contribution in [2.75, 3.05) is 5.32 Å². The first-order chi connectivity index (χ1) is 13.2. The lowest BCUT2D eigenvalue weighted by atomic mass is 10.1. The van der Waals surface area contributed by atoms with E-state index in [1.165, 1.54) is 0 Å². The molecule has 2 amide bonds. The second kappa shape index (κ2) is 7.41. The molecule has 7 nitrogen and oxygen atoms in total. The molecule has 1 aliphatic rings. The number of carbonyl (C=O) groups is 2. The average molecular weight is 361 g/mol. The number of nitrogens with one attached hydrogen (secondary N) is 3. The first-order valence-corrected chi connectivity index (χ1v) is 8.84. The first-order valence-electron chi connectivity index (χ1n) is 8.84. The van der Waals surface area contributed by atoms with Crippen molar-refractivity contribution in [2.24, 2.45) is 0 Å². The molecule has 1 unspecified atom stereocenters. The minimum atomic E-state index is -0.624. The summed E-state index contributed by atoms with van der Waals surface area (Å²) in [5.74, 6) is -0.0513. The topological polar surface area (TPSA) is 99.8 Å². The fourth-order valence-corrected chi connectivity index (χ4v) is 3.14. The minimum Gasteiger partial charge on any atom is -0.337 e. The summed E-state index contributed by atoms with van der Waals surface area (Å²) in [6.45, 7) is 0. The van der Waals surface area contributed by atoms with Crippen molar-refractivity contribution in [2.45, 2.75) is 25.3 Å². The number of fused-ring (bicyclic) bond motifs is 1. The van der Waals surface area contributed by atoms with Crippen molar-refractivity contribution < 1.29 is 9.59 Å². The second-order valence-corrected chi connectivity index (χ2v) is 6.48. The number of amides is 2. The quantitative estimate of drug-likeness (QED) is 0.662. The third-order valence-corrected chi connectivity index (χ3v) is 4.55. The molecule has 0 bridgehead atoms. The fourth-order valence-electron chi connectivity index (χ4n) is 3.14. The van der Waals surface area contributed by atoms with Crippen LogP contribution < -0.4 is 10.6 Å². The van der Waals surface area contributed by atoms with E-state index in [0.717, 1.165) is 16.8 Å². The molecular formula is C20H19N5O2. The van der Waals surface area contributed by atoms with Gasteiger partial charge in [0.15, 0.2) is 0 Å². The standard InChI is InChI=1S/C20H19N5O2/c26-19-16(11-10-14-8-4-5-9-15(14)21-19)22-20(27)18-23-17(24-25-18)12-13-6-2-1-3-7-13/h1-9,16H,10-12H2,(H,21,26)(H,22,27)(H,23,24,25). The summed E-state index contributed by atoms with van der Waals surface area (Å²) in [6, 6.07) is 16.8. The highest BCUT2D eigenvalue weighted by Gasteiger charge is 2.26. The van der Waals surface area contributed by atoms with Gasteiger partial charge in [-0.05, 0) is 30.0 Å². The van der Waals surface area contributed by atoms with Crippen LogP contribution >= 0.6 is 0 Å². The zero-order valence-electron chi connectivity index (χ0n) is 14.6. The summed E-state index contributed by atoms with van der Waals surface area (Å²) in [7, 11) is 0. The van der Waals surface area contributed by atoms with Crippen LogP contribution in [0.5, 0.6) is 0 Å². The van der Waals surface area contributed by atoms with Gasteiger partial charge in [0.25, 0.3) is 5.91 Å². The number of aryl methyl sites for hydroxylation is 1. The van der Waals surface area contributed by atoms with Gasteiger partial charge in [0.05, 0.1) is 0 Å². The van der Waals surface area contributed by atoms with E-state index in [1.807, 2.05) is 54.6 Å². The molecule has 0 fully saturated rings. The number of hydrogen-bond acceptors (Lipinski definition) is 4. The monoisotopic (exact) mass is 361 g/mol. The van der Waals surface area contributed by atoms with Gasteiger partial charge in [-0.1, -0.05) is 48.5 Å². The predicted octanol–water partition coefficient (Wildman–Crippen LogP) is 2.08. The van der Waals surface area contributed by atoms with Gasteiger partial charge in [-0.25, -0.2) is 4.98 Å². The van der Waals surface area contributed by atoms with Crippen LogP contribution in [0.25, 0.3) is 0 Å². The Labute approximate surface area is 156 Å². The van der Waals surface area contributed by atoms with Crippen LogP contribution in [0.2, 0.25) is 0 Å². The van der Waals surface area contributed by atoms with E-state index in [1.54, 1.807) is 0 Å². The Morgan fingerprint density at radius 2 is 1.89 bits per heavy atom. The summed E-state index contributed by atoms with van der Waals surface area (Å²) in [4.78, 5) is 29.1. The normalized spacial score (nSPS) is 16.1. The maximum Gasteiger partial charge on any atom is 0.291 e. The highest BCUT2D eigenvalue weighted by atomic mass is 16.2. The van der Waals surface area contributed by atoms with E-state index in [0.29, 0.717) is 25.1 Å². The van der Waals surface area contributed by atoms with E-state index in [-0.39, 0.29) is 11.7 Å². The molecule has 136 valence electrons. The number of para-hydroxylation sites is 1. The van der Waals surface area contributed by atoms with Crippen LogP contribution in [0.15, 0.2) is 54.6 Å². The van der Waals surface area contributed by atoms with E-state index in [4.69, 9.17) is 0 Å². The molecular weight excluding hydrogens is 342 g/mol. The SMILES string of the molecule is O=C(NC1CCc2ccccc2NC1=O)c1n[nH]c(Cc2ccccc2)n1. The lowest BCUT2D eigenvalue weighted by Crippen LogP contribution is -2.43. The number of rotatable bonds is 4. The Hall–Kier alpha value is -3.48. The number of hydrogen-bond donors (Lipinski definition) is 3. The smallest absolute Gasteiger partial charge is 0.291 e. The molecule has 0 saturated carbocycles. The van der Waals surface area contributed by atoms with Crippen LogP contribution in [0, 0.1) is 0 Å². The molecule has 0 aliphatic carbocycles. The van der Waals surface area contributed by atoms with Crippen LogP contribution in [0.1, 0.15) is 34.0 Å². The molecule has 27 heavy (non-hydrogen) atoms. The third kappa shape index (κ3) is 3.87. The van der Waals surface area contributed by atoms with Gasteiger partial charge in [-0.3, -0.25) is 14.7 Å². The number of carbonyl (C=O) groups excluding carboxylic acids is 2. The fraction of sp³-hybridized carbons (Fsp3) is 0.200. The lowest BCUT2D eigenvalue weighted by molar-refractivity contribution is -0.118. The molecule has 1 aromatic heterocycles. The van der Waals surface area contributed by atoms with Gasteiger partial charge in [-0.15, -0.1) is 5.10 Å². The van der Waals surface area contributed by atoms with Crippen LogP contribution in [-0.4, -0.2) is 33.0 Å². The van der Waals surface area contributed by atoms with Crippen LogP contribution in [-0.2, 0) is 17.6 Å². The Bertz CT molecular complexity index is 967. The molecule has 2 heterocycles. The van der Waals surface area contributed by atoms with E-state index < -0.39 is 11.9 Å². The zero-order chi connectivity index (χ0) is 18.6. The van der Waals surface area contributed by atoms with Gasteiger partial charge in [-0.2, -0.15) is 0 Å². The second-order valence-electron chi connectivity index (χ2n) is 6.48. The Morgan fingerprint density at radius 1 is 1.11 bits per heavy atom. The van der Waals surface area contributed by atoms with E-state index in [2.05, 4.69) is 25.8 Å². The Morgan fingerprint density at radius 3 is 2.74 bits per heavy atom. The molecule has 1 atom stereocenters. The summed E-state index contributed by atoms with van der Waals surface area (Å²) in [5, 5.41) is 12.4. The van der Waals surface area contributed by atoms with Gasteiger partial charge in [0.2, 0.25) is 11.7 Å². The van der Waals surface area contributed by atoms with Crippen molar-refractivity contribution in [1.29, 1.82) is 0 Å². The molecule has 3 aromatic rings. The maximum atomic E-state index is 12.5. The average Bonchev–Trinajstić information content (AvgIpc) is 3.09. The van der Waals surface area contributed by atoms with Crippen molar-refractivity contribution in [3.63, 3.8) is 0 Å². The summed E-state index contributed by atoms with van der Waals surface area (Å²) < 4.78 is 0. The van der Waals surface area contributed by atoms with Gasteiger partial charge >= 0.3 is 0 Å². The minimum absolute atomic E-state index is 0.0375. The van der Waals surface area contributed by atoms with Gasteiger partial charge in [0.1, 0.15) is 11.9 Å². The molecule has 2 aromatic carbocycles. The number of aromatic amines is 1. The van der Waals surface area contributed by atoms with E-state index in [9.17, 15) is 9.59 Å². The largest absolute Gasteiger partial charge is 0.337 e. The Balaban J connectivity index is 1.41. The van der Waals surface area contributed by atoms with Gasteiger partial charge in [0, 0.05) is 12.1 Å². The third-order valence-electron chi connectivity index (χ3n) is 4.55. The molecule has 3 N–H and O–H groups in total. The maximum absolute atomic E-state index is 12.5. The van der Waals surface area contributed by atoms with E-state index >= 15 is 0 Å². The summed E-state index contributed by atoms with van der Waals surface area (Å²) in [5.41, 5.74) is 2.93. The highest BCUT2D eigenvalue weighted by molar-refractivity contribution is 6.00. The van der Waals surface area contributed by atoms with Crippen molar-refractivity contribution in [3.8, 4) is 0 Å². The molecule has 0 spiro atoms. The first kappa shape index (κ1) is 17.0. The molecule has 1 aliphatic heterocycles. The number of nitrogens with zero attached hydrogens (tertiary/aromatic N) is 2. The number of aromatic nitrogens is 3. The van der Waals surface area contributed by atoms with Crippen molar-refractivity contribution in [3.05, 3.63) is 77.4 Å². The lowest BCUT2D eigenvalue weighted by Gasteiger charge is -2.13. The van der Waals surface area contributed by atoms with Crippen LogP contribution in [0.4, 0.5) is 5.69 Å². The summed E-state index contributed by atoms with van der Waals surface area (Å²) >= 11 is 0. The molecule has 0 radical (unpaired) electrons. The molecule has 4 rings (SSSR count). The van der Waals surface area contributed by atoms with Crippen molar-refractivity contribution in [1.82, 2.24) is 20.5 Å².